The van der Waals surface area contributed by atoms with Gasteiger partial charge >= 0.3 is 0 Å². The molecule has 35 heavy (non-hydrogen) atoms. The first-order chi connectivity index (χ1) is 16.8. The van der Waals surface area contributed by atoms with Crippen molar-refractivity contribution in [1.29, 1.82) is 5.26 Å². The largest absolute Gasteiger partial charge is 0.385 e. The van der Waals surface area contributed by atoms with Crippen LogP contribution in [-0.2, 0) is 19.7 Å². The van der Waals surface area contributed by atoms with Crippen LogP contribution in [0, 0.1) is 11.5 Å². The standard InChI is InChI=1S/C27H35N5O3/c1-27(2,3)21-10-12-22(13-11-21)32(26(34)23-9-6-16-31(23)19-28)24(20-8-5-14-29-18-20)25(33)30-15-7-17-35-4/h5,8,10-14,18,23-24H,6-7,9,15-17H2,1-4H3,(H,30,33). The van der Waals surface area contributed by atoms with E-state index in [0.29, 0.717) is 43.8 Å². The topological polar surface area (TPSA) is 98.6 Å². The summed E-state index contributed by atoms with van der Waals surface area (Å²) >= 11 is 0. The maximum absolute atomic E-state index is 14.0. The van der Waals surface area contributed by atoms with Crippen molar-refractivity contribution >= 4 is 17.5 Å². The van der Waals surface area contributed by atoms with Gasteiger partial charge in [-0.2, -0.15) is 5.26 Å². The molecule has 186 valence electrons. The predicted octanol–water partition coefficient (Wildman–Crippen LogP) is 3.55. The molecule has 2 heterocycles. The van der Waals surface area contributed by atoms with Gasteiger partial charge in [-0.15, -0.1) is 0 Å². The van der Waals surface area contributed by atoms with Crippen LogP contribution in [0.5, 0.6) is 0 Å². The van der Waals surface area contributed by atoms with E-state index in [0.717, 1.165) is 12.0 Å². The van der Waals surface area contributed by atoms with E-state index < -0.39 is 12.1 Å². The lowest BCUT2D eigenvalue weighted by atomic mass is 9.87. The van der Waals surface area contributed by atoms with Gasteiger partial charge in [-0.3, -0.25) is 24.4 Å². The van der Waals surface area contributed by atoms with E-state index >= 15 is 0 Å². The van der Waals surface area contributed by atoms with Crippen LogP contribution in [0.1, 0.15) is 57.2 Å². The summed E-state index contributed by atoms with van der Waals surface area (Å²) in [6.07, 6.45) is 7.36. The Hall–Kier alpha value is -3.44. The summed E-state index contributed by atoms with van der Waals surface area (Å²) in [6, 6.07) is 9.75. The highest BCUT2D eigenvalue weighted by Gasteiger charge is 2.40. The quantitative estimate of drug-likeness (QED) is 0.438. The van der Waals surface area contributed by atoms with E-state index in [4.69, 9.17) is 4.74 Å². The van der Waals surface area contributed by atoms with Gasteiger partial charge in [0.2, 0.25) is 5.91 Å². The summed E-state index contributed by atoms with van der Waals surface area (Å²) in [5, 5.41) is 12.6. The van der Waals surface area contributed by atoms with E-state index in [-0.39, 0.29) is 17.2 Å². The molecule has 1 aromatic heterocycles. The molecule has 1 fully saturated rings. The number of pyridine rings is 1. The van der Waals surface area contributed by atoms with Gasteiger partial charge in [-0.05, 0) is 48.4 Å². The second kappa shape index (κ2) is 11.8. The molecule has 0 saturated carbocycles. The number of hydrogen-bond donors (Lipinski definition) is 1. The summed E-state index contributed by atoms with van der Waals surface area (Å²) in [6.45, 7) is 7.85. The van der Waals surface area contributed by atoms with Gasteiger partial charge in [-0.1, -0.05) is 39.0 Å². The van der Waals surface area contributed by atoms with Gasteiger partial charge in [0.1, 0.15) is 12.1 Å². The molecule has 0 bridgehead atoms. The number of nitrogens with zero attached hydrogens (tertiary/aromatic N) is 4. The van der Waals surface area contributed by atoms with Crippen molar-refractivity contribution in [2.24, 2.45) is 0 Å². The molecule has 2 atom stereocenters. The Morgan fingerprint density at radius 1 is 1.29 bits per heavy atom. The zero-order chi connectivity index (χ0) is 25.4. The molecule has 0 radical (unpaired) electrons. The first-order valence-electron chi connectivity index (χ1n) is 12.0. The summed E-state index contributed by atoms with van der Waals surface area (Å²) in [4.78, 5) is 34.8. The zero-order valence-electron chi connectivity index (χ0n) is 21.0. The van der Waals surface area contributed by atoms with E-state index in [9.17, 15) is 14.9 Å². The maximum atomic E-state index is 14.0. The lowest BCUT2D eigenvalue weighted by Crippen LogP contribution is -2.50. The van der Waals surface area contributed by atoms with Gasteiger partial charge < -0.3 is 10.1 Å². The molecule has 1 saturated heterocycles. The van der Waals surface area contributed by atoms with Gasteiger partial charge in [-0.25, -0.2) is 0 Å². The van der Waals surface area contributed by atoms with Gasteiger partial charge in [0, 0.05) is 50.5 Å². The smallest absolute Gasteiger partial charge is 0.251 e. The number of likely N-dealkylation sites (tertiary alicyclic amines) is 1. The lowest BCUT2D eigenvalue weighted by Gasteiger charge is -2.34. The molecule has 2 unspecified atom stereocenters. The molecule has 1 aliphatic rings. The molecule has 2 aromatic rings. The Bertz CT molecular complexity index is 1030. The van der Waals surface area contributed by atoms with Crippen molar-refractivity contribution in [3.63, 3.8) is 0 Å². The van der Waals surface area contributed by atoms with Gasteiger partial charge in [0.15, 0.2) is 6.19 Å². The van der Waals surface area contributed by atoms with Crippen LogP contribution >= 0.6 is 0 Å². The fraction of sp³-hybridized carbons (Fsp3) is 0.481. The third kappa shape index (κ3) is 6.37. The average Bonchev–Trinajstić information content (AvgIpc) is 3.34. The number of amides is 2. The summed E-state index contributed by atoms with van der Waals surface area (Å²) < 4.78 is 5.09. The molecule has 8 nitrogen and oxygen atoms in total. The van der Waals surface area contributed by atoms with Crippen LogP contribution in [0.4, 0.5) is 5.69 Å². The molecular formula is C27H35N5O3. The molecule has 8 heteroatoms. The first-order valence-corrected chi connectivity index (χ1v) is 12.0. The monoisotopic (exact) mass is 477 g/mol. The molecule has 0 aliphatic carbocycles. The van der Waals surface area contributed by atoms with Crippen LogP contribution in [0.2, 0.25) is 0 Å². The second-order valence-corrected chi connectivity index (χ2v) is 9.78. The highest BCUT2D eigenvalue weighted by Crippen LogP contribution is 2.33. The summed E-state index contributed by atoms with van der Waals surface area (Å²) in [5.74, 6) is -0.572. The van der Waals surface area contributed by atoms with Crippen molar-refractivity contribution in [3.8, 4) is 6.19 Å². The minimum absolute atomic E-state index is 0.0576. The van der Waals surface area contributed by atoms with E-state index in [1.165, 1.54) is 9.80 Å². The molecular weight excluding hydrogens is 442 g/mol. The number of hydrogen-bond acceptors (Lipinski definition) is 6. The number of ether oxygens (including phenoxy) is 1. The van der Waals surface area contributed by atoms with Gasteiger partial charge in [0.05, 0.1) is 0 Å². The number of benzene rings is 1. The molecule has 3 rings (SSSR count). The Kier molecular flexibility index (Phi) is 8.83. The Balaban J connectivity index is 2.06. The zero-order valence-corrected chi connectivity index (χ0v) is 21.0. The fourth-order valence-electron chi connectivity index (χ4n) is 4.31. The highest BCUT2D eigenvalue weighted by molar-refractivity contribution is 6.04. The van der Waals surface area contributed by atoms with Crippen LogP contribution < -0.4 is 10.2 Å². The van der Waals surface area contributed by atoms with Crippen molar-refractivity contribution in [2.45, 2.75) is 57.5 Å². The SMILES string of the molecule is COCCCNC(=O)C(c1cccnc1)N(C(=O)C1CCCN1C#N)c1ccc(C(C)(C)C)cc1. The maximum Gasteiger partial charge on any atom is 0.251 e. The average molecular weight is 478 g/mol. The van der Waals surface area contributed by atoms with Crippen molar-refractivity contribution < 1.29 is 14.3 Å². The minimum atomic E-state index is -0.930. The lowest BCUT2D eigenvalue weighted by molar-refractivity contribution is -0.128. The first kappa shape index (κ1) is 26.2. The molecule has 2 amide bonds. The van der Waals surface area contributed by atoms with Crippen LogP contribution in [0.3, 0.4) is 0 Å². The molecule has 1 N–H and O–H groups in total. The number of nitrogens with one attached hydrogen (secondary N) is 1. The second-order valence-electron chi connectivity index (χ2n) is 9.78. The third-order valence-corrected chi connectivity index (χ3v) is 6.25. The van der Waals surface area contributed by atoms with Crippen LogP contribution in [0.15, 0.2) is 48.8 Å². The number of carbonyl (C=O) groups excluding carboxylic acids is 2. The number of methoxy groups -OCH3 is 1. The van der Waals surface area contributed by atoms with Gasteiger partial charge in [0.25, 0.3) is 5.91 Å². The predicted molar refractivity (Wildman–Crippen MR) is 134 cm³/mol. The number of nitriles is 1. The minimum Gasteiger partial charge on any atom is -0.385 e. The molecule has 0 spiro atoms. The Morgan fingerprint density at radius 3 is 2.63 bits per heavy atom. The number of aromatic nitrogens is 1. The number of anilines is 1. The number of rotatable bonds is 9. The van der Waals surface area contributed by atoms with Crippen molar-refractivity contribution in [3.05, 3.63) is 59.9 Å². The number of carbonyl (C=O) groups is 2. The Labute approximate surface area is 207 Å². The molecule has 1 aromatic carbocycles. The van der Waals surface area contributed by atoms with E-state index in [2.05, 4.69) is 37.3 Å². The van der Waals surface area contributed by atoms with Crippen LogP contribution in [-0.4, -0.2) is 54.5 Å². The summed E-state index contributed by atoms with van der Waals surface area (Å²) in [5.41, 5.74) is 2.27. The van der Waals surface area contributed by atoms with Crippen molar-refractivity contribution in [2.75, 3.05) is 31.7 Å². The van der Waals surface area contributed by atoms with E-state index in [1.807, 2.05) is 24.3 Å². The molecule has 1 aliphatic heterocycles. The third-order valence-electron chi connectivity index (χ3n) is 6.25. The normalized spacial score (nSPS) is 16.4. The fourth-order valence-corrected chi connectivity index (χ4v) is 4.31. The Morgan fingerprint density at radius 2 is 2.03 bits per heavy atom. The van der Waals surface area contributed by atoms with Crippen molar-refractivity contribution in [1.82, 2.24) is 15.2 Å². The summed E-state index contributed by atoms with van der Waals surface area (Å²) in [7, 11) is 1.62. The van der Waals surface area contributed by atoms with Crippen LogP contribution in [0.25, 0.3) is 0 Å². The highest BCUT2D eigenvalue weighted by atomic mass is 16.5. The van der Waals surface area contributed by atoms with E-state index in [1.54, 1.807) is 31.6 Å².